The molecule has 4 aliphatic rings. The summed E-state index contributed by atoms with van der Waals surface area (Å²) >= 11 is 0. The fourth-order valence-corrected chi connectivity index (χ4v) is 12.0. The number of halogens is 8. The van der Waals surface area contributed by atoms with Crippen LogP contribution in [0.5, 0.6) is 23.5 Å². The highest BCUT2D eigenvalue weighted by atomic mass is 19.3. The van der Waals surface area contributed by atoms with Gasteiger partial charge in [-0.15, -0.1) is 0 Å². The molecule has 4 aliphatic carbocycles. The van der Waals surface area contributed by atoms with E-state index in [2.05, 4.69) is 66.6 Å². The second kappa shape index (κ2) is 35.8. The van der Waals surface area contributed by atoms with Gasteiger partial charge < -0.3 is 18.9 Å². The smallest absolute Gasteiger partial charge is 0.388 e. The summed E-state index contributed by atoms with van der Waals surface area (Å²) in [7, 11) is 0. The molecule has 0 amide bonds. The zero-order valence-corrected chi connectivity index (χ0v) is 46.7. The maximum absolute atomic E-state index is 12.1. The summed E-state index contributed by atoms with van der Waals surface area (Å²) in [5, 5.41) is 0. The van der Waals surface area contributed by atoms with Crippen LogP contribution in [0.2, 0.25) is 0 Å². The fourth-order valence-electron chi connectivity index (χ4n) is 12.0. The first-order chi connectivity index (χ1) is 37.7. The number of hydrogen-bond donors (Lipinski definition) is 0. The normalized spacial score (nSPS) is 23.3. The van der Waals surface area contributed by atoms with Gasteiger partial charge in [0.25, 0.3) is 0 Å². The lowest BCUT2D eigenvalue weighted by atomic mass is 9.77. The largest absolute Gasteiger partial charge is 0.417 e. The van der Waals surface area contributed by atoms with Gasteiger partial charge in [0.1, 0.15) is 0 Å². The van der Waals surface area contributed by atoms with Crippen LogP contribution in [0.3, 0.4) is 0 Å². The number of ether oxygens (including phenoxy) is 4. The number of hydrogen-bond acceptors (Lipinski definition) is 8. The Hall–Kier alpha value is -4.76. The Balaban J connectivity index is 0.000000192. The fraction of sp³-hybridized carbons (Fsp3) is 0.677. The average Bonchev–Trinajstić information content (AvgIpc) is 3.44. The van der Waals surface area contributed by atoms with Crippen molar-refractivity contribution in [2.45, 2.75) is 245 Å². The summed E-state index contributed by atoms with van der Waals surface area (Å²) in [6, 6.07) is 13.7. The highest BCUT2D eigenvalue weighted by molar-refractivity contribution is 5.25. The molecule has 78 heavy (non-hydrogen) atoms. The molecule has 0 spiro atoms. The molecule has 4 saturated carbocycles. The summed E-state index contributed by atoms with van der Waals surface area (Å²) < 4.78 is 113. The van der Waals surface area contributed by atoms with Gasteiger partial charge in [-0.3, -0.25) is 0 Å². The maximum Gasteiger partial charge on any atom is 0.388 e. The number of pyridine rings is 4. The lowest BCUT2D eigenvalue weighted by Crippen LogP contribution is -2.13. The molecule has 0 aliphatic heterocycles. The molecule has 0 bridgehead atoms. The van der Waals surface area contributed by atoms with Crippen molar-refractivity contribution in [2.24, 2.45) is 23.7 Å². The lowest BCUT2D eigenvalue weighted by molar-refractivity contribution is -0.0535. The van der Waals surface area contributed by atoms with Crippen molar-refractivity contribution in [3.63, 3.8) is 0 Å². The van der Waals surface area contributed by atoms with Gasteiger partial charge in [0.2, 0.25) is 23.5 Å². The molecular formula is C62H88F8N4O4. The quantitative estimate of drug-likeness (QED) is 0.0568. The molecular weight excluding hydrogens is 1020 g/mol. The summed E-state index contributed by atoms with van der Waals surface area (Å²) in [6.07, 6.45) is 39.5. The van der Waals surface area contributed by atoms with Gasteiger partial charge >= 0.3 is 26.4 Å². The highest BCUT2D eigenvalue weighted by Gasteiger charge is 2.26. The van der Waals surface area contributed by atoms with E-state index in [1.165, 1.54) is 173 Å². The third kappa shape index (κ3) is 23.9. The van der Waals surface area contributed by atoms with Crippen LogP contribution in [-0.2, 0) is 0 Å². The van der Waals surface area contributed by atoms with Crippen molar-refractivity contribution in [1.82, 2.24) is 19.9 Å². The Morgan fingerprint density at radius 1 is 0.333 bits per heavy atom. The van der Waals surface area contributed by atoms with E-state index >= 15 is 0 Å². The van der Waals surface area contributed by atoms with Gasteiger partial charge in [0.05, 0.1) is 0 Å². The number of unbranched alkanes of at least 4 members (excludes halogenated alkanes) is 3. The van der Waals surface area contributed by atoms with Crippen molar-refractivity contribution in [1.29, 1.82) is 0 Å². The number of nitrogens with zero attached hydrogens (tertiary/aromatic N) is 4. The Labute approximate surface area is 460 Å². The Kier molecular flexibility index (Phi) is 29.4. The van der Waals surface area contributed by atoms with Crippen LogP contribution >= 0.6 is 0 Å². The Morgan fingerprint density at radius 2 is 0.603 bits per heavy atom. The first-order valence-electron chi connectivity index (χ1n) is 29.4. The highest BCUT2D eigenvalue weighted by Crippen LogP contribution is 2.41. The second-order valence-electron chi connectivity index (χ2n) is 21.9. The standard InChI is InChI=1S/C17H25F2NO.C16H23F2NO.C15H21F2NO.C14H19F2NO/c1-2-3-4-5-13-6-8-14(9-7-13)15-10-11-16(20-12-15)21-17(18)19;1-2-3-4-12-5-7-13(8-6-12)14-9-10-15(19-11-14)20-16(17)18;1-2-3-11-4-6-12(7-5-11)13-8-9-14(18-10-13)19-15(16)17;1-2-10-3-5-11(6-4-10)12-7-8-13(17-9-12)18-14(15)16/h10-14,17H,2-9H2,1H3;9-13,16H,2-8H2,1H3;8-12,15H,2-7H2,1H3;7-11,14H,2-6H2,1H3/t13-,14-;12-,13-;11-,12-;10-,11-. The van der Waals surface area contributed by atoms with Crippen LogP contribution in [0.25, 0.3) is 0 Å². The van der Waals surface area contributed by atoms with Crippen LogP contribution in [0, 0.1) is 23.7 Å². The predicted molar refractivity (Wildman–Crippen MR) is 291 cm³/mol. The Bertz CT molecular complexity index is 2130. The van der Waals surface area contributed by atoms with E-state index in [-0.39, 0.29) is 23.5 Å². The van der Waals surface area contributed by atoms with Crippen LogP contribution < -0.4 is 18.9 Å². The van der Waals surface area contributed by atoms with Crippen molar-refractivity contribution in [3.8, 4) is 23.5 Å². The minimum Gasteiger partial charge on any atom is -0.417 e. The number of alkyl halides is 8. The molecule has 0 unspecified atom stereocenters. The van der Waals surface area contributed by atoms with Crippen molar-refractivity contribution in [2.75, 3.05) is 0 Å². The van der Waals surface area contributed by atoms with Crippen molar-refractivity contribution >= 4 is 0 Å². The molecule has 0 radical (unpaired) electrons. The van der Waals surface area contributed by atoms with Gasteiger partial charge in [0, 0.05) is 49.1 Å². The summed E-state index contributed by atoms with van der Waals surface area (Å²) in [6.45, 7) is -2.26. The van der Waals surface area contributed by atoms with Gasteiger partial charge in [-0.25, -0.2) is 19.9 Å². The van der Waals surface area contributed by atoms with Crippen LogP contribution in [0.15, 0.2) is 73.3 Å². The van der Waals surface area contributed by atoms with Crippen LogP contribution in [-0.4, -0.2) is 46.4 Å². The summed E-state index contributed by atoms with van der Waals surface area (Å²) in [5.74, 6) is 5.59. The summed E-state index contributed by atoms with van der Waals surface area (Å²) in [4.78, 5) is 15.8. The molecule has 0 N–H and O–H groups in total. The molecule has 8 nitrogen and oxygen atoms in total. The van der Waals surface area contributed by atoms with Crippen molar-refractivity contribution in [3.05, 3.63) is 95.6 Å². The van der Waals surface area contributed by atoms with Crippen molar-refractivity contribution < 1.29 is 54.1 Å². The van der Waals surface area contributed by atoms with E-state index in [9.17, 15) is 35.1 Å². The van der Waals surface area contributed by atoms with E-state index in [4.69, 9.17) is 0 Å². The third-order valence-corrected chi connectivity index (χ3v) is 16.6. The lowest BCUT2D eigenvalue weighted by Gasteiger charge is -2.28. The third-order valence-electron chi connectivity index (χ3n) is 16.6. The SMILES string of the molecule is CCCCC[C@H]1CC[C@H](c2ccc(OC(F)F)nc2)CC1.CCCC[C@H]1CC[C@H](c2ccc(OC(F)F)nc2)CC1.CCC[C@H]1CC[C@H](c2ccc(OC(F)F)nc2)CC1.CC[C@H]1CC[C@H](c2ccc(OC(F)F)nc2)CC1. The Morgan fingerprint density at radius 3 is 0.833 bits per heavy atom. The maximum atomic E-state index is 12.1. The first kappa shape index (κ1) is 64.1. The van der Waals surface area contributed by atoms with Gasteiger partial charge in [-0.05, 0) is 172 Å². The molecule has 0 aromatic carbocycles. The molecule has 4 aromatic heterocycles. The minimum atomic E-state index is -2.80. The van der Waals surface area contributed by atoms with E-state index in [1.807, 2.05) is 24.3 Å². The monoisotopic (exact) mass is 1100 g/mol. The predicted octanol–water partition coefficient (Wildman–Crippen LogP) is 19.8. The van der Waals surface area contributed by atoms with E-state index in [0.29, 0.717) is 23.7 Å². The van der Waals surface area contributed by atoms with E-state index in [1.54, 1.807) is 43.0 Å². The first-order valence-corrected chi connectivity index (χ1v) is 29.4. The van der Waals surface area contributed by atoms with Crippen LogP contribution in [0.4, 0.5) is 35.1 Å². The second-order valence-corrected chi connectivity index (χ2v) is 21.9. The molecule has 4 heterocycles. The minimum absolute atomic E-state index is 0.000353. The van der Waals surface area contributed by atoms with Gasteiger partial charge in [-0.2, -0.15) is 35.1 Å². The molecule has 8 rings (SSSR count). The van der Waals surface area contributed by atoms with Gasteiger partial charge in [0.15, 0.2) is 0 Å². The molecule has 0 atom stereocenters. The molecule has 4 aromatic rings. The van der Waals surface area contributed by atoms with Gasteiger partial charge in [-0.1, -0.05) is 116 Å². The zero-order valence-electron chi connectivity index (χ0n) is 46.7. The zero-order chi connectivity index (χ0) is 56.1. The molecule has 4 fully saturated rings. The topological polar surface area (TPSA) is 88.5 Å². The average molecular weight is 1110 g/mol. The van der Waals surface area contributed by atoms with E-state index in [0.717, 1.165) is 45.9 Å². The van der Waals surface area contributed by atoms with E-state index < -0.39 is 26.4 Å². The summed E-state index contributed by atoms with van der Waals surface area (Å²) in [5.41, 5.74) is 4.60. The molecule has 0 saturated heterocycles. The molecule has 16 heteroatoms. The number of aromatic nitrogens is 4. The van der Waals surface area contributed by atoms with Crippen LogP contribution in [0.1, 0.15) is 241 Å². The number of rotatable bonds is 22. The molecule has 436 valence electrons.